The topological polar surface area (TPSA) is 66.5 Å². The van der Waals surface area contributed by atoms with Gasteiger partial charge in [0.2, 0.25) is 15.9 Å². The van der Waals surface area contributed by atoms with Gasteiger partial charge in [0.25, 0.3) is 0 Å². The molecule has 0 saturated heterocycles. The minimum absolute atomic E-state index is 0.0616. The quantitative estimate of drug-likeness (QED) is 0.682. The van der Waals surface area contributed by atoms with Crippen LogP contribution >= 0.6 is 0 Å². The highest BCUT2D eigenvalue weighted by Crippen LogP contribution is 2.70. The number of nitrogens with one attached hydrogen (secondary N) is 1. The zero-order valence-corrected chi connectivity index (χ0v) is 19.5. The van der Waals surface area contributed by atoms with Crippen molar-refractivity contribution in [3.05, 3.63) is 60.2 Å². The highest BCUT2D eigenvalue weighted by molar-refractivity contribution is 7.89. The Labute approximate surface area is 180 Å². The average molecular weight is 429 g/mol. The maximum atomic E-state index is 13.7. The molecule has 30 heavy (non-hydrogen) atoms. The predicted molar refractivity (Wildman–Crippen MR) is 120 cm³/mol. The standard InChI is InChI=1S/C24H32N2O3S/c1-17(22-23(3,4)24(22,5)6)26(16-19-10-8-7-9-11-19)30(28,29)21-14-12-20(13-15-21)25-18(2)27/h7-15,17,22H,16H2,1-6H3,(H,25,27)/t17-/m0/s1. The first-order valence-electron chi connectivity index (χ1n) is 10.3. The number of hydrogen-bond donors (Lipinski definition) is 1. The van der Waals surface area contributed by atoms with Crippen LogP contribution in [0.2, 0.25) is 0 Å². The summed E-state index contributed by atoms with van der Waals surface area (Å²) in [6, 6.07) is 15.9. The van der Waals surface area contributed by atoms with E-state index in [0.29, 0.717) is 12.2 Å². The molecule has 0 radical (unpaired) electrons. The molecule has 0 bridgehead atoms. The van der Waals surface area contributed by atoms with Crippen LogP contribution in [-0.4, -0.2) is 24.7 Å². The largest absolute Gasteiger partial charge is 0.326 e. The number of amides is 1. The summed E-state index contributed by atoms with van der Waals surface area (Å²) in [5, 5.41) is 2.68. The Bertz CT molecular complexity index is 998. The van der Waals surface area contributed by atoms with Crippen molar-refractivity contribution in [2.45, 2.75) is 59.0 Å². The van der Waals surface area contributed by atoms with Crippen LogP contribution in [0.5, 0.6) is 0 Å². The molecule has 2 aromatic carbocycles. The zero-order chi connectivity index (χ0) is 22.3. The molecule has 1 fully saturated rings. The molecule has 1 aliphatic rings. The molecule has 162 valence electrons. The number of carbonyl (C=O) groups excluding carboxylic acids is 1. The van der Waals surface area contributed by atoms with E-state index in [1.54, 1.807) is 28.6 Å². The van der Waals surface area contributed by atoms with Crippen LogP contribution in [0.25, 0.3) is 0 Å². The third kappa shape index (κ3) is 4.03. The smallest absolute Gasteiger partial charge is 0.243 e. The van der Waals surface area contributed by atoms with Crippen LogP contribution in [0.1, 0.15) is 47.1 Å². The fourth-order valence-electron chi connectivity index (χ4n) is 4.88. The molecule has 2 aromatic rings. The van der Waals surface area contributed by atoms with Crippen molar-refractivity contribution in [3.63, 3.8) is 0 Å². The van der Waals surface area contributed by atoms with E-state index in [1.807, 2.05) is 37.3 Å². The van der Waals surface area contributed by atoms with E-state index in [1.165, 1.54) is 6.92 Å². The molecule has 0 aromatic heterocycles. The molecule has 1 saturated carbocycles. The average Bonchev–Trinajstić information content (AvgIpc) is 3.08. The summed E-state index contributed by atoms with van der Waals surface area (Å²) in [7, 11) is -3.73. The van der Waals surface area contributed by atoms with Gasteiger partial charge in [0.1, 0.15) is 0 Å². The normalized spacial score (nSPS) is 18.8. The SMILES string of the molecule is CC(=O)Nc1ccc(S(=O)(=O)N(Cc2ccccc2)[C@@H](C)C2C(C)(C)C2(C)C)cc1. The maximum absolute atomic E-state index is 13.7. The van der Waals surface area contributed by atoms with Crippen molar-refractivity contribution in [3.8, 4) is 0 Å². The minimum atomic E-state index is -3.73. The lowest BCUT2D eigenvalue weighted by Gasteiger charge is -2.30. The van der Waals surface area contributed by atoms with Crippen LogP contribution in [0.15, 0.2) is 59.5 Å². The van der Waals surface area contributed by atoms with Gasteiger partial charge in [0.05, 0.1) is 4.90 Å². The Morgan fingerprint density at radius 2 is 1.53 bits per heavy atom. The molecule has 0 spiro atoms. The van der Waals surface area contributed by atoms with Gasteiger partial charge in [-0.15, -0.1) is 0 Å². The van der Waals surface area contributed by atoms with E-state index in [2.05, 4.69) is 33.0 Å². The lowest BCUT2D eigenvalue weighted by atomic mass is 10.0. The van der Waals surface area contributed by atoms with Gasteiger partial charge in [-0.25, -0.2) is 8.42 Å². The second-order valence-electron chi connectivity index (χ2n) is 9.40. The lowest BCUT2D eigenvalue weighted by Crippen LogP contribution is -2.40. The van der Waals surface area contributed by atoms with Crippen molar-refractivity contribution >= 4 is 21.6 Å². The third-order valence-electron chi connectivity index (χ3n) is 7.03. The Balaban J connectivity index is 1.97. The van der Waals surface area contributed by atoms with Gasteiger partial charge in [-0.2, -0.15) is 4.31 Å². The van der Waals surface area contributed by atoms with Gasteiger partial charge >= 0.3 is 0 Å². The van der Waals surface area contributed by atoms with E-state index >= 15 is 0 Å². The summed E-state index contributed by atoms with van der Waals surface area (Å²) in [5.74, 6) is 0.0604. The van der Waals surface area contributed by atoms with Gasteiger partial charge in [-0.1, -0.05) is 58.0 Å². The molecule has 0 aliphatic heterocycles. The van der Waals surface area contributed by atoms with Crippen LogP contribution in [0.3, 0.4) is 0 Å². The summed E-state index contributed by atoms with van der Waals surface area (Å²) >= 11 is 0. The number of nitrogens with zero attached hydrogens (tertiary/aromatic N) is 1. The highest BCUT2D eigenvalue weighted by atomic mass is 32.2. The van der Waals surface area contributed by atoms with Gasteiger partial charge in [-0.3, -0.25) is 4.79 Å². The van der Waals surface area contributed by atoms with Crippen LogP contribution in [0, 0.1) is 16.7 Å². The first-order chi connectivity index (χ1) is 13.9. The van der Waals surface area contributed by atoms with E-state index < -0.39 is 10.0 Å². The van der Waals surface area contributed by atoms with Gasteiger partial charge < -0.3 is 5.32 Å². The van der Waals surface area contributed by atoms with Crippen molar-refractivity contribution in [1.82, 2.24) is 4.31 Å². The Morgan fingerprint density at radius 1 is 1.00 bits per heavy atom. The van der Waals surface area contributed by atoms with Crippen molar-refractivity contribution in [2.75, 3.05) is 5.32 Å². The highest BCUT2D eigenvalue weighted by Gasteiger charge is 2.67. The van der Waals surface area contributed by atoms with Crippen LogP contribution in [-0.2, 0) is 21.4 Å². The van der Waals surface area contributed by atoms with Gasteiger partial charge in [0.15, 0.2) is 0 Å². The number of carbonyl (C=O) groups is 1. The molecular weight excluding hydrogens is 396 g/mol. The van der Waals surface area contributed by atoms with Crippen molar-refractivity contribution in [2.24, 2.45) is 16.7 Å². The molecule has 1 aliphatic carbocycles. The maximum Gasteiger partial charge on any atom is 0.243 e. The van der Waals surface area contributed by atoms with Crippen LogP contribution in [0.4, 0.5) is 5.69 Å². The third-order valence-corrected chi connectivity index (χ3v) is 8.98. The fourth-order valence-corrected chi connectivity index (χ4v) is 6.51. The number of anilines is 1. The Morgan fingerprint density at radius 3 is 2.00 bits per heavy atom. The zero-order valence-electron chi connectivity index (χ0n) is 18.6. The summed E-state index contributed by atoms with van der Waals surface area (Å²) in [5.41, 5.74) is 1.66. The van der Waals surface area contributed by atoms with Gasteiger partial charge in [-0.05, 0) is 53.5 Å². The van der Waals surface area contributed by atoms with E-state index in [9.17, 15) is 13.2 Å². The number of hydrogen-bond acceptors (Lipinski definition) is 3. The second kappa shape index (κ2) is 7.82. The Hall–Kier alpha value is -2.18. The summed E-state index contributed by atoms with van der Waals surface area (Å²) < 4.78 is 29.0. The first-order valence-corrected chi connectivity index (χ1v) is 11.8. The molecule has 1 N–H and O–H groups in total. The molecule has 3 rings (SSSR count). The lowest BCUT2D eigenvalue weighted by molar-refractivity contribution is -0.114. The summed E-state index contributed by atoms with van der Waals surface area (Å²) in [4.78, 5) is 11.5. The molecular formula is C24H32N2O3S. The van der Waals surface area contributed by atoms with E-state index in [0.717, 1.165) is 5.56 Å². The molecule has 5 nitrogen and oxygen atoms in total. The van der Waals surface area contributed by atoms with E-state index in [4.69, 9.17) is 0 Å². The first kappa shape index (κ1) is 22.5. The van der Waals surface area contributed by atoms with Gasteiger partial charge in [0, 0.05) is 25.2 Å². The molecule has 6 heteroatoms. The van der Waals surface area contributed by atoms with Crippen molar-refractivity contribution < 1.29 is 13.2 Å². The van der Waals surface area contributed by atoms with E-state index in [-0.39, 0.29) is 33.6 Å². The second-order valence-corrected chi connectivity index (χ2v) is 11.3. The molecule has 0 unspecified atom stereocenters. The fraction of sp³-hybridized carbons (Fsp3) is 0.458. The monoisotopic (exact) mass is 428 g/mol. The molecule has 1 atom stereocenters. The molecule has 1 amide bonds. The number of sulfonamides is 1. The molecule has 0 heterocycles. The Kier molecular flexibility index (Phi) is 5.87. The van der Waals surface area contributed by atoms with Crippen LogP contribution < -0.4 is 5.32 Å². The number of rotatable bonds is 7. The van der Waals surface area contributed by atoms with Crippen molar-refractivity contribution in [1.29, 1.82) is 0 Å². The summed E-state index contributed by atoms with van der Waals surface area (Å²) in [6.07, 6.45) is 0. The number of benzene rings is 2. The summed E-state index contributed by atoms with van der Waals surface area (Å²) in [6.45, 7) is 12.6. The predicted octanol–water partition coefficient (Wildman–Crippen LogP) is 4.91. The minimum Gasteiger partial charge on any atom is -0.326 e.